The van der Waals surface area contributed by atoms with Crippen molar-refractivity contribution in [3.63, 3.8) is 0 Å². The summed E-state index contributed by atoms with van der Waals surface area (Å²) < 4.78 is 45.4. The van der Waals surface area contributed by atoms with Gasteiger partial charge in [-0.25, -0.2) is 8.42 Å². The minimum Gasteiger partial charge on any atom is -0.748 e. The van der Waals surface area contributed by atoms with Gasteiger partial charge in [-0.3, -0.25) is 10.1 Å². The van der Waals surface area contributed by atoms with E-state index >= 15 is 0 Å². The summed E-state index contributed by atoms with van der Waals surface area (Å²) in [4.78, 5) is 3.01. The first-order chi connectivity index (χ1) is 28.4. The van der Waals surface area contributed by atoms with Gasteiger partial charge in [0, 0.05) is 75.9 Å². The first-order valence-electron chi connectivity index (χ1n) is 19.4. The predicted octanol–water partition coefficient (Wildman–Crippen LogP) is 2.45. The van der Waals surface area contributed by atoms with Gasteiger partial charge in [0.05, 0.1) is 27.6 Å². The summed E-state index contributed by atoms with van der Waals surface area (Å²) in [6.45, 7) is 10.2. The SMILES string of the molecule is CC1(C)C(/C=C/C=C/C=C/C=C2/N(CCCCS(=O)(=O)[O-])c3cccc(-c4ccccc4)c3C2(C)C)=[N+](CCCCSOO[O-])c2ccc3cc(SOO[O-])ccc3c21.[Na+].[Na+]. The molecule has 0 bridgehead atoms. The molecule has 0 spiro atoms. The van der Waals surface area contributed by atoms with E-state index in [4.69, 9.17) is 0 Å². The van der Waals surface area contributed by atoms with Crippen molar-refractivity contribution in [2.75, 3.05) is 29.5 Å². The molecule has 0 aliphatic carbocycles. The zero-order chi connectivity index (χ0) is 42.0. The van der Waals surface area contributed by atoms with Crippen molar-refractivity contribution < 1.29 is 106 Å². The summed E-state index contributed by atoms with van der Waals surface area (Å²) in [5.41, 5.74) is 8.43. The third-order valence-electron chi connectivity index (χ3n) is 10.9. The van der Waals surface area contributed by atoms with Gasteiger partial charge in [0.2, 0.25) is 5.69 Å². The van der Waals surface area contributed by atoms with Gasteiger partial charge in [-0.2, -0.15) is 13.2 Å². The monoisotopic (exact) mass is 902 g/mol. The molecule has 16 heteroatoms. The van der Waals surface area contributed by atoms with Crippen LogP contribution in [-0.4, -0.2) is 47.9 Å². The normalized spacial score (nSPS) is 16.2. The van der Waals surface area contributed by atoms with E-state index in [1.807, 2.05) is 54.6 Å². The number of fused-ring (bicyclic) bond motifs is 4. The molecule has 0 atom stereocenters. The smallest absolute Gasteiger partial charge is 0.748 e. The molecule has 0 N–H and O–H groups in total. The van der Waals surface area contributed by atoms with Crippen LogP contribution in [0.1, 0.15) is 64.5 Å². The minimum absolute atomic E-state index is 0. The molecule has 0 aromatic heterocycles. The number of unbranched alkanes of at least 4 members (excludes halogenated alkanes) is 2. The summed E-state index contributed by atoms with van der Waals surface area (Å²) in [6, 6.07) is 26.8. The maximum Gasteiger partial charge on any atom is 1.00 e. The average Bonchev–Trinajstić information content (AvgIpc) is 3.57. The third kappa shape index (κ3) is 12.6. The molecule has 0 unspecified atom stereocenters. The molecule has 61 heavy (non-hydrogen) atoms. The predicted molar refractivity (Wildman–Crippen MR) is 230 cm³/mol. The summed E-state index contributed by atoms with van der Waals surface area (Å²) in [6.07, 6.45) is 16.9. The van der Waals surface area contributed by atoms with E-state index in [0.717, 1.165) is 93.1 Å². The Labute approximate surface area is 412 Å². The molecule has 0 amide bonds. The van der Waals surface area contributed by atoms with E-state index in [0.29, 0.717) is 25.1 Å². The molecule has 0 saturated heterocycles. The van der Waals surface area contributed by atoms with Gasteiger partial charge in [-0.05, 0) is 90.9 Å². The van der Waals surface area contributed by atoms with E-state index in [9.17, 15) is 23.5 Å². The van der Waals surface area contributed by atoms with Crippen LogP contribution in [0.3, 0.4) is 0 Å². The Kier molecular flexibility index (Phi) is 20.1. The molecular weight excluding hydrogens is 855 g/mol. The fourth-order valence-electron chi connectivity index (χ4n) is 8.35. The van der Waals surface area contributed by atoms with Gasteiger partial charge in [0.15, 0.2) is 5.71 Å². The topological polar surface area (TPSA) is 146 Å². The first kappa shape index (κ1) is 51.6. The van der Waals surface area contributed by atoms with Crippen LogP contribution in [0.5, 0.6) is 0 Å². The Balaban J connectivity index is 0.00000410. The Bertz CT molecular complexity index is 2390. The van der Waals surface area contributed by atoms with Crippen LogP contribution in [0.15, 0.2) is 132 Å². The Morgan fingerprint density at radius 1 is 0.770 bits per heavy atom. The number of anilines is 1. The average molecular weight is 903 g/mol. The molecule has 4 aromatic rings. The van der Waals surface area contributed by atoms with E-state index < -0.39 is 10.1 Å². The number of allylic oxidation sites excluding steroid dienone is 8. The Hall–Kier alpha value is -2.06. The number of rotatable bonds is 20. The second-order valence-electron chi connectivity index (χ2n) is 15.4. The summed E-state index contributed by atoms with van der Waals surface area (Å²) in [5.74, 6) is 0.247. The number of hydrogen-bond donors (Lipinski definition) is 0. The van der Waals surface area contributed by atoms with Gasteiger partial charge in [0.1, 0.15) is 6.54 Å². The van der Waals surface area contributed by atoms with Crippen molar-refractivity contribution in [2.45, 2.75) is 69.1 Å². The fourth-order valence-corrected chi connectivity index (χ4v) is 9.74. The zero-order valence-electron chi connectivity index (χ0n) is 35.5. The van der Waals surface area contributed by atoms with Crippen LogP contribution in [0.25, 0.3) is 21.9 Å². The molecule has 0 radical (unpaired) electrons. The molecule has 6 rings (SSSR count). The maximum atomic E-state index is 11.3. The molecule has 2 aliphatic heterocycles. The van der Waals surface area contributed by atoms with Crippen LogP contribution in [0.2, 0.25) is 0 Å². The van der Waals surface area contributed by atoms with Crippen LogP contribution in [-0.2, 0) is 39.7 Å². The van der Waals surface area contributed by atoms with Crippen molar-refractivity contribution in [3.8, 4) is 11.1 Å². The van der Waals surface area contributed by atoms with Crippen LogP contribution in [0.4, 0.5) is 11.4 Å². The van der Waals surface area contributed by atoms with E-state index in [-0.39, 0.29) is 75.7 Å². The molecule has 4 aromatic carbocycles. The van der Waals surface area contributed by atoms with E-state index in [1.165, 1.54) is 11.1 Å². The van der Waals surface area contributed by atoms with Crippen LogP contribution in [0, 0.1) is 0 Å². The minimum atomic E-state index is -4.28. The number of nitrogens with zero attached hydrogens (tertiary/aromatic N) is 2. The fraction of sp³-hybridized carbons (Fsp3) is 0.311. The molecular formula is C45H48N2Na2O9S3. The Morgan fingerprint density at radius 2 is 1.51 bits per heavy atom. The second-order valence-corrected chi connectivity index (χ2v) is 18.5. The Morgan fingerprint density at radius 3 is 2.25 bits per heavy atom. The van der Waals surface area contributed by atoms with Crippen molar-refractivity contribution in [1.82, 2.24) is 0 Å². The zero-order valence-corrected chi connectivity index (χ0v) is 41.9. The third-order valence-corrected chi connectivity index (χ3v) is 12.8. The van der Waals surface area contributed by atoms with E-state index in [2.05, 4.69) is 123 Å². The first-order valence-corrected chi connectivity index (χ1v) is 22.7. The van der Waals surface area contributed by atoms with Gasteiger partial charge in [0.25, 0.3) is 0 Å². The number of benzene rings is 4. The molecule has 2 heterocycles. The van der Waals surface area contributed by atoms with Gasteiger partial charge in [-0.15, -0.1) is 0 Å². The molecule has 312 valence electrons. The van der Waals surface area contributed by atoms with Crippen molar-refractivity contribution in [2.24, 2.45) is 0 Å². The van der Waals surface area contributed by atoms with Crippen molar-refractivity contribution >= 4 is 62.1 Å². The number of hydrogen-bond acceptors (Lipinski definition) is 12. The van der Waals surface area contributed by atoms with Crippen LogP contribution < -0.4 is 74.5 Å². The van der Waals surface area contributed by atoms with Gasteiger partial charge in [-0.1, -0.05) is 92.8 Å². The van der Waals surface area contributed by atoms with Crippen molar-refractivity contribution in [3.05, 3.63) is 138 Å². The summed E-state index contributed by atoms with van der Waals surface area (Å²) >= 11 is 1.86. The van der Waals surface area contributed by atoms with Crippen molar-refractivity contribution in [1.29, 1.82) is 0 Å². The van der Waals surface area contributed by atoms with E-state index in [1.54, 1.807) is 0 Å². The largest absolute Gasteiger partial charge is 1.00 e. The standard InChI is InChI=1S/C45H50N2O9S3.2Na/c1-44(2)40(46(29-14-16-31-59(50,51)52)38-21-17-20-36(42(38)44)33-18-9-8-10-19-33)22-11-6-5-7-12-23-41-45(3,4)43-37-26-25-35(58-56-54-49)32-34(37)24-27-39(43)47(41)28-13-15-30-57-55-53-48;;/h5-12,17-27,32H,13-16,28-31H2,1-4H3,(H2-,48,49,50,51,52);;/q;2*+1/p-2. The second kappa shape index (κ2) is 23.7. The molecule has 0 saturated carbocycles. The molecule has 0 fully saturated rings. The van der Waals surface area contributed by atoms with Gasteiger partial charge >= 0.3 is 59.1 Å². The maximum absolute atomic E-state index is 11.3. The molecule has 11 nitrogen and oxygen atoms in total. The quantitative estimate of drug-likeness (QED) is 0.0188. The van der Waals surface area contributed by atoms with Crippen LogP contribution >= 0.6 is 24.1 Å². The van der Waals surface area contributed by atoms with Gasteiger partial charge < -0.3 is 20.0 Å². The summed E-state index contributed by atoms with van der Waals surface area (Å²) in [5, 5.41) is 29.8. The molecule has 2 aliphatic rings. The summed E-state index contributed by atoms with van der Waals surface area (Å²) in [7, 11) is -4.28.